The molecule has 0 unspecified atom stereocenters. The first-order valence-corrected chi connectivity index (χ1v) is 8.28. The zero-order valence-corrected chi connectivity index (χ0v) is 15.5. The minimum atomic E-state index is -0.476. The van der Waals surface area contributed by atoms with Crippen LogP contribution in [0.2, 0.25) is 0 Å². The molecular formula is C16H20BBrN2O3. The van der Waals surface area contributed by atoms with Gasteiger partial charge < -0.3 is 14.0 Å². The number of halogens is 1. The second-order valence-electron chi connectivity index (χ2n) is 6.59. The summed E-state index contributed by atoms with van der Waals surface area (Å²) in [7, 11) is 1.18. The number of aromatic nitrogens is 2. The van der Waals surface area contributed by atoms with Crippen LogP contribution in [0.5, 0.6) is 5.75 Å². The Labute approximate surface area is 145 Å². The van der Waals surface area contributed by atoms with Crippen LogP contribution in [-0.4, -0.2) is 35.0 Å². The Kier molecular flexibility index (Phi) is 4.06. The van der Waals surface area contributed by atoms with Crippen molar-refractivity contribution in [3.8, 4) is 11.4 Å². The Hall–Kier alpha value is -1.31. The number of hydrogen-bond donors (Lipinski definition) is 0. The summed E-state index contributed by atoms with van der Waals surface area (Å²) in [5.74, 6) is 0.816. The van der Waals surface area contributed by atoms with Crippen LogP contribution in [0.1, 0.15) is 27.7 Å². The maximum absolute atomic E-state index is 6.05. The Morgan fingerprint density at radius 2 is 1.65 bits per heavy atom. The normalized spacial score (nSPS) is 19.1. The van der Waals surface area contributed by atoms with Crippen molar-refractivity contribution in [3.63, 3.8) is 0 Å². The van der Waals surface area contributed by atoms with Crippen LogP contribution >= 0.6 is 15.9 Å². The lowest BCUT2D eigenvalue weighted by Crippen LogP contribution is -2.41. The third-order valence-corrected chi connectivity index (χ3v) is 5.09. The van der Waals surface area contributed by atoms with Crippen molar-refractivity contribution < 1.29 is 14.0 Å². The molecule has 0 amide bonds. The van der Waals surface area contributed by atoms with Crippen molar-refractivity contribution in [2.24, 2.45) is 0 Å². The molecule has 5 nitrogen and oxygen atoms in total. The second kappa shape index (κ2) is 5.65. The summed E-state index contributed by atoms with van der Waals surface area (Å²) in [4.78, 5) is 4.54. The van der Waals surface area contributed by atoms with Gasteiger partial charge in [-0.05, 0) is 67.9 Å². The minimum Gasteiger partial charge on any atom is -0.497 e. The standard InChI is InChI=1S/C16H20BBrN2O3/c1-15(2)16(3,4)23-17(22-15)13-10-20(14(18)19-13)11-6-8-12(21-5)9-7-11/h6-10H,1-5H3. The fraction of sp³-hybridized carbons (Fsp3) is 0.438. The molecule has 0 atom stereocenters. The van der Waals surface area contributed by atoms with E-state index < -0.39 is 7.12 Å². The highest BCUT2D eigenvalue weighted by Crippen LogP contribution is 2.36. The van der Waals surface area contributed by atoms with E-state index in [1.54, 1.807) is 7.11 Å². The Bertz CT molecular complexity index is 697. The van der Waals surface area contributed by atoms with E-state index in [2.05, 4.69) is 20.9 Å². The third kappa shape index (κ3) is 2.93. The van der Waals surface area contributed by atoms with Crippen LogP contribution in [-0.2, 0) is 9.31 Å². The molecule has 122 valence electrons. The number of methoxy groups -OCH3 is 1. The average Bonchev–Trinajstić information content (AvgIpc) is 2.97. The summed E-state index contributed by atoms with van der Waals surface area (Å²) >= 11 is 3.50. The zero-order valence-electron chi connectivity index (χ0n) is 14.0. The lowest BCUT2D eigenvalue weighted by molar-refractivity contribution is 0.00578. The van der Waals surface area contributed by atoms with Gasteiger partial charge in [-0.3, -0.25) is 4.57 Å². The van der Waals surface area contributed by atoms with Crippen LogP contribution in [0.25, 0.3) is 5.69 Å². The van der Waals surface area contributed by atoms with Crippen molar-refractivity contribution in [1.29, 1.82) is 0 Å². The summed E-state index contributed by atoms with van der Waals surface area (Å²) in [6.45, 7) is 8.12. The molecule has 7 heteroatoms. The minimum absolute atomic E-state index is 0.381. The van der Waals surface area contributed by atoms with Gasteiger partial charge in [0, 0.05) is 11.9 Å². The maximum atomic E-state index is 6.05. The molecular weight excluding hydrogens is 359 g/mol. The topological polar surface area (TPSA) is 45.5 Å². The molecule has 1 aliphatic heterocycles. The average molecular weight is 379 g/mol. The van der Waals surface area contributed by atoms with Crippen LogP contribution in [0, 0.1) is 0 Å². The number of hydrogen-bond acceptors (Lipinski definition) is 4. The lowest BCUT2D eigenvalue weighted by Gasteiger charge is -2.32. The molecule has 0 radical (unpaired) electrons. The summed E-state index contributed by atoms with van der Waals surface area (Å²) in [5, 5.41) is 0. The monoisotopic (exact) mass is 378 g/mol. The smallest absolute Gasteiger partial charge is 0.497 e. The number of ether oxygens (including phenoxy) is 1. The fourth-order valence-electron chi connectivity index (χ4n) is 2.38. The van der Waals surface area contributed by atoms with E-state index in [1.807, 2.05) is 62.7 Å². The molecule has 2 aromatic rings. The van der Waals surface area contributed by atoms with E-state index in [9.17, 15) is 0 Å². The van der Waals surface area contributed by atoms with E-state index in [1.165, 1.54) is 0 Å². The molecule has 0 N–H and O–H groups in total. The molecule has 1 saturated heterocycles. The largest absolute Gasteiger partial charge is 0.516 e. The number of imidazole rings is 1. The molecule has 0 spiro atoms. The van der Waals surface area contributed by atoms with Crippen molar-refractivity contribution in [3.05, 3.63) is 35.2 Å². The number of benzene rings is 1. The van der Waals surface area contributed by atoms with E-state index in [0.717, 1.165) is 17.0 Å². The molecule has 23 heavy (non-hydrogen) atoms. The van der Waals surface area contributed by atoms with Gasteiger partial charge in [0.05, 0.1) is 23.9 Å². The first-order chi connectivity index (χ1) is 10.7. The first kappa shape index (κ1) is 16.5. The third-order valence-electron chi connectivity index (χ3n) is 4.53. The van der Waals surface area contributed by atoms with Crippen molar-refractivity contribution >= 4 is 28.6 Å². The van der Waals surface area contributed by atoms with E-state index >= 15 is 0 Å². The summed E-state index contributed by atoms with van der Waals surface area (Å²) < 4.78 is 19.9. The Balaban J connectivity index is 1.90. The quantitative estimate of drug-likeness (QED) is 0.770. The first-order valence-electron chi connectivity index (χ1n) is 7.48. The highest BCUT2D eigenvalue weighted by molar-refractivity contribution is 9.10. The highest BCUT2D eigenvalue weighted by atomic mass is 79.9. The molecule has 3 rings (SSSR count). The molecule has 2 heterocycles. The van der Waals surface area contributed by atoms with E-state index in [-0.39, 0.29) is 11.2 Å². The van der Waals surface area contributed by atoms with Crippen LogP contribution in [0.15, 0.2) is 35.2 Å². The lowest BCUT2D eigenvalue weighted by atomic mass is 9.86. The zero-order chi connectivity index (χ0) is 16.8. The summed E-state index contributed by atoms with van der Waals surface area (Å²) in [6.07, 6.45) is 1.92. The van der Waals surface area contributed by atoms with Gasteiger partial charge in [-0.25, -0.2) is 4.98 Å². The maximum Gasteiger partial charge on any atom is 0.516 e. The second-order valence-corrected chi connectivity index (χ2v) is 7.30. The van der Waals surface area contributed by atoms with Gasteiger partial charge in [-0.15, -0.1) is 0 Å². The van der Waals surface area contributed by atoms with Gasteiger partial charge in [0.15, 0.2) is 4.73 Å². The fourth-order valence-corrected chi connectivity index (χ4v) is 2.89. The van der Waals surface area contributed by atoms with E-state index in [4.69, 9.17) is 14.0 Å². The SMILES string of the molecule is COc1ccc(-n2cc(B3OC(C)(C)C(C)(C)O3)nc2Br)cc1. The van der Waals surface area contributed by atoms with Gasteiger partial charge in [0.25, 0.3) is 0 Å². The van der Waals surface area contributed by atoms with E-state index in [0.29, 0.717) is 4.73 Å². The highest BCUT2D eigenvalue weighted by Gasteiger charge is 2.52. The summed E-state index contributed by atoms with van der Waals surface area (Å²) in [5.41, 5.74) is 0.960. The summed E-state index contributed by atoms with van der Waals surface area (Å²) in [6, 6.07) is 7.77. The van der Waals surface area contributed by atoms with Gasteiger partial charge in [0.1, 0.15) is 5.75 Å². The number of rotatable bonds is 3. The molecule has 1 aromatic heterocycles. The molecule has 0 aliphatic carbocycles. The Morgan fingerprint density at radius 1 is 1.09 bits per heavy atom. The number of nitrogens with zero attached hydrogens (tertiary/aromatic N) is 2. The predicted octanol–water partition coefficient (Wildman–Crippen LogP) is 2.94. The Morgan fingerprint density at radius 3 is 2.17 bits per heavy atom. The van der Waals surface area contributed by atoms with Gasteiger partial charge in [-0.1, -0.05) is 0 Å². The molecule has 1 aliphatic rings. The van der Waals surface area contributed by atoms with Crippen LogP contribution in [0.3, 0.4) is 0 Å². The van der Waals surface area contributed by atoms with Crippen molar-refractivity contribution in [2.75, 3.05) is 7.11 Å². The van der Waals surface area contributed by atoms with Gasteiger partial charge in [0.2, 0.25) is 0 Å². The van der Waals surface area contributed by atoms with Crippen LogP contribution < -0.4 is 10.3 Å². The predicted molar refractivity (Wildman–Crippen MR) is 93.5 cm³/mol. The molecule has 1 fully saturated rings. The van der Waals surface area contributed by atoms with Crippen LogP contribution in [0.4, 0.5) is 0 Å². The van der Waals surface area contributed by atoms with Gasteiger partial charge in [-0.2, -0.15) is 0 Å². The van der Waals surface area contributed by atoms with Crippen molar-refractivity contribution in [1.82, 2.24) is 9.55 Å². The molecule has 0 saturated carbocycles. The van der Waals surface area contributed by atoms with Gasteiger partial charge >= 0.3 is 7.12 Å². The molecule has 1 aromatic carbocycles. The molecule has 0 bridgehead atoms. The van der Waals surface area contributed by atoms with Crippen molar-refractivity contribution in [2.45, 2.75) is 38.9 Å².